The van der Waals surface area contributed by atoms with Crippen molar-refractivity contribution < 1.29 is 51.8 Å². The zero-order valence-electron chi connectivity index (χ0n) is 2.80. The van der Waals surface area contributed by atoms with Gasteiger partial charge in [-0.1, -0.05) is 0 Å². The Kier molecular flexibility index (Phi) is 831. The fraction of sp³-hybridized carbons (Fsp3) is 0. The normalized spacial score (nSPS) is 0. The van der Waals surface area contributed by atoms with E-state index in [4.69, 9.17) is 0 Å². The van der Waals surface area contributed by atoms with E-state index in [0.29, 0.717) is 0 Å². The van der Waals surface area contributed by atoms with Gasteiger partial charge in [0.05, 0.1) is 0 Å². The Balaban J connectivity index is 0. The van der Waals surface area contributed by atoms with Crippen LogP contribution in [-0.2, 0) is 106 Å². The minimum atomic E-state index is 0. The molecule has 0 fully saturated rings. The van der Waals surface area contributed by atoms with Gasteiger partial charge in [0.2, 0.25) is 0 Å². The molecule has 0 atom stereocenters. The molecule has 0 aromatic carbocycles. The van der Waals surface area contributed by atoms with E-state index in [0.717, 1.165) is 0 Å². The maximum atomic E-state index is 0. The molecule has 7 heteroatoms. The van der Waals surface area contributed by atoms with Crippen molar-refractivity contribution in [2.75, 3.05) is 0 Å². The fourth-order valence-electron chi connectivity index (χ4n) is 0. The summed E-state index contributed by atoms with van der Waals surface area (Å²) in [7, 11) is 0. The van der Waals surface area contributed by atoms with Crippen LogP contribution in [0.15, 0.2) is 0 Å². The summed E-state index contributed by atoms with van der Waals surface area (Å²) in [4.78, 5) is 0. The second-order valence-corrected chi connectivity index (χ2v) is 0. The first kappa shape index (κ1) is 90.5. The predicted octanol–water partition coefficient (Wildman–Crippen LogP) is -0.0171. The number of hydrogen-bond donors (Lipinski definition) is 0. The summed E-state index contributed by atoms with van der Waals surface area (Å²) in [6.45, 7) is 0. The molecule has 0 aromatic rings. The summed E-state index contributed by atoms with van der Waals surface area (Å²) in [5.74, 6) is 0. The fourth-order valence-corrected chi connectivity index (χ4v) is 0. The topological polar surface area (TPSA) is 0 Å². The molecule has 0 aromatic heterocycles. The summed E-state index contributed by atoms with van der Waals surface area (Å²) in [6.07, 6.45) is 0. The number of rotatable bonds is 0. The second-order valence-electron chi connectivity index (χ2n) is 0. The third kappa shape index (κ3) is 49.2. The van der Waals surface area contributed by atoms with E-state index < -0.39 is 0 Å². The minimum Gasteiger partial charge on any atom is -2.00 e. The van der Waals surface area contributed by atoms with Crippen molar-refractivity contribution >= 4 is 54.0 Å². The zero-order valence-corrected chi connectivity index (χ0v) is 9.72. The summed E-state index contributed by atoms with van der Waals surface area (Å²) in [6, 6.07) is 0. The van der Waals surface area contributed by atoms with Gasteiger partial charge in [-0.2, -0.15) is 0 Å². The molecule has 0 N–H and O–H groups in total. The van der Waals surface area contributed by atoms with Crippen LogP contribution in [0.25, 0.3) is 0 Å². The van der Waals surface area contributed by atoms with Crippen LogP contribution in [0.3, 0.4) is 0 Å². The molecule has 2 radical (unpaired) electrons. The Morgan fingerprint density at radius 3 is 0.429 bits per heavy atom. The average molecular weight is 288 g/mol. The van der Waals surface area contributed by atoms with Gasteiger partial charge in [0.15, 0.2) is 0 Å². The standard InChI is InChI=1S/2Cr.Fe.4S/q2*+3;+2;4*-2. The molecule has 0 spiro atoms. The van der Waals surface area contributed by atoms with Crippen LogP contribution in [0.5, 0.6) is 0 Å². The average Bonchev–Trinajstić information content (AvgIpc) is 0. The molecule has 0 rings (SSSR count). The Hall–Kier alpha value is 2.98. The first-order valence-electron chi connectivity index (χ1n) is 0. The predicted molar refractivity (Wildman–Crippen MR) is 29.5 cm³/mol. The number of hydrogen-bond acceptors (Lipinski definition) is 0. The molecule has 0 heterocycles. The van der Waals surface area contributed by atoms with E-state index in [2.05, 4.69) is 0 Å². The van der Waals surface area contributed by atoms with Gasteiger partial charge in [-0.3, -0.25) is 0 Å². The van der Waals surface area contributed by atoms with E-state index in [9.17, 15) is 0 Å². The van der Waals surface area contributed by atoms with Gasteiger partial charge < -0.3 is 54.0 Å². The van der Waals surface area contributed by atoms with Gasteiger partial charge in [-0.25, -0.2) is 0 Å². The van der Waals surface area contributed by atoms with Crippen LogP contribution in [0.1, 0.15) is 0 Å². The quantitative estimate of drug-likeness (QED) is 0.550. The van der Waals surface area contributed by atoms with Crippen molar-refractivity contribution in [1.82, 2.24) is 0 Å². The molecule has 0 nitrogen and oxygen atoms in total. The van der Waals surface area contributed by atoms with Gasteiger partial charge in [0, 0.05) is 0 Å². The second kappa shape index (κ2) is 64.3. The van der Waals surface area contributed by atoms with Crippen molar-refractivity contribution in [3.8, 4) is 0 Å². The Morgan fingerprint density at radius 2 is 0.429 bits per heavy atom. The van der Waals surface area contributed by atoms with Gasteiger partial charge in [-0.05, 0) is 0 Å². The third-order valence-corrected chi connectivity index (χ3v) is 0. The summed E-state index contributed by atoms with van der Waals surface area (Å²) in [5.41, 5.74) is 0. The minimum absolute atomic E-state index is 0. The van der Waals surface area contributed by atoms with Gasteiger partial charge in [0.25, 0.3) is 0 Å². The Labute approximate surface area is 104 Å². The Bertz CT molecular complexity index is 9.65. The summed E-state index contributed by atoms with van der Waals surface area (Å²) < 4.78 is 0. The molecule has 44 valence electrons. The summed E-state index contributed by atoms with van der Waals surface area (Å²) in [5, 5.41) is 0. The molecule has 0 aliphatic carbocycles. The van der Waals surface area contributed by atoms with E-state index in [1.807, 2.05) is 0 Å². The molecule has 0 bridgehead atoms. The van der Waals surface area contributed by atoms with Crippen molar-refractivity contribution in [2.24, 2.45) is 0 Å². The molecular formula is Cr2FeS4. The Morgan fingerprint density at radius 1 is 0.429 bits per heavy atom. The molecule has 0 aliphatic heterocycles. The van der Waals surface area contributed by atoms with E-state index in [-0.39, 0.29) is 106 Å². The monoisotopic (exact) mass is 288 g/mol. The maximum Gasteiger partial charge on any atom is 3.00 e. The van der Waals surface area contributed by atoms with Gasteiger partial charge >= 0.3 is 51.8 Å². The molecule has 0 unspecified atom stereocenters. The van der Waals surface area contributed by atoms with Crippen molar-refractivity contribution in [3.63, 3.8) is 0 Å². The molecule has 0 aliphatic rings. The zero-order chi connectivity index (χ0) is 0. The van der Waals surface area contributed by atoms with Crippen LogP contribution < -0.4 is 0 Å². The molecule has 0 saturated heterocycles. The van der Waals surface area contributed by atoms with Crippen molar-refractivity contribution in [1.29, 1.82) is 0 Å². The molecular weight excluding hydrogens is 288 g/mol. The summed E-state index contributed by atoms with van der Waals surface area (Å²) >= 11 is 0. The first-order valence-corrected chi connectivity index (χ1v) is 0. The molecule has 0 amide bonds. The molecule has 0 saturated carbocycles. The van der Waals surface area contributed by atoms with Crippen LogP contribution in [0.2, 0.25) is 0 Å². The van der Waals surface area contributed by atoms with Gasteiger partial charge in [-0.15, -0.1) is 0 Å². The van der Waals surface area contributed by atoms with E-state index in [1.165, 1.54) is 0 Å². The first-order chi connectivity index (χ1) is 0. The largest absolute Gasteiger partial charge is 3.00 e. The third-order valence-electron chi connectivity index (χ3n) is 0. The van der Waals surface area contributed by atoms with Crippen molar-refractivity contribution in [3.05, 3.63) is 0 Å². The van der Waals surface area contributed by atoms with E-state index in [1.54, 1.807) is 0 Å². The maximum absolute atomic E-state index is 0. The van der Waals surface area contributed by atoms with Crippen LogP contribution in [-0.4, -0.2) is 0 Å². The van der Waals surface area contributed by atoms with Crippen molar-refractivity contribution in [2.45, 2.75) is 0 Å². The molecule has 7 heavy (non-hydrogen) atoms. The smallest absolute Gasteiger partial charge is 2.00 e. The van der Waals surface area contributed by atoms with Crippen LogP contribution in [0, 0.1) is 0 Å². The van der Waals surface area contributed by atoms with Crippen LogP contribution >= 0.6 is 0 Å². The van der Waals surface area contributed by atoms with E-state index >= 15 is 0 Å². The van der Waals surface area contributed by atoms with Crippen LogP contribution in [0.4, 0.5) is 0 Å². The SMILES string of the molecule is [Cr+3].[Cr+3].[Fe+2].[S-2].[S-2].[S-2].[S-2]. The van der Waals surface area contributed by atoms with Gasteiger partial charge in [0.1, 0.15) is 0 Å².